The molecule has 5 nitrogen and oxygen atoms in total. The van der Waals surface area contributed by atoms with Gasteiger partial charge < -0.3 is 9.47 Å². The van der Waals surface area contributed by atoms with E-state index < -0.39 is 10.0 Å². The zero-order valence-electron chi connectivity index (χ0n) is 17.1. The van der Waals surface area contributed by atoms with Crippen LogP contribution in [0.4, 0.5) is 0 Å². The Morgan fingerprint density at radius 1 is 0.767 bits per heavy atom. The lowest BCUT2D eigenvalue weighted by Crippen LogP contribution is -2.26. The van der Waals surface area contributed by atoms with Crippen molar-refractivity contribution in [2.75, 3.05) is 21.3 Å². The third-order valence-corrected chi connectivity index (χ3v) is 7.13. The molecule has 30 heavy (non-hydrogen) atoms. The molecule has 0 N–H and O–H groups in total. The van der Waals surface area contributed by atoms with E-state index in [-0.39, 0.29) is 11.4 Å². The first kappa shape index (κ1) is 20.2. The third-order valence-electron chi connectivity index (χ3n) is 5.33. The molecule has 0 aromatic heterocycles. The van der Waals surface area contributed by atoms with Gasteiger partial charge in [0.2, 0.25) is 10.0 Å². The van der Waals surface area contributed by atoms with E-state index in [0.29, 0.717) is 11.5 Å². The van der Waals surface area contributed by atoms with Crippen molar-refractivity contribution >= 4 is 31.6 Å². The minimum absolute atomic E-state index is 0.159. The minimum atomic E-state index is -3.73. The van der Waals surface area contributed by atoms with Gasteiger partial charge in [0.25, 0.3) is 0 Å². The second kappa shape index (κ2) is 7.97. The lowest BCUT2D eigenvalue weighted by Gasteiger charge is -2.20. The van der Waals surface area contributed by atoms with Crippen molar-refractivity contribution in [2.24, 2.45) is 0 Å². The van der Waals surface area contributed by atoms with Gasteiger partial charge in [0.1, 0.15) is 0 Å². The summed E-state index contributed by atoms with van der Waals surface area (Å²) in [6, 6.07) is 22.9. The molecule has 0 fully saturated rings. The van der Waals surface area contributed by atoms with Gasteiger partial charge in [0.05, 0.1) is 19.1 Å². The number of hydrogen-bond donors (Lipinski definition) is 0. The van der Waals surface area contributed by atoms with Crippen LogP contribution in [0.5, 0.6) is 11.5 Å². The largest absolute Gasteiger partial charge is 0.493 e. The van der Waals surface area contributed by atoms with Crippen LogP contribution in [0.3, 0.4) is 0 Å². The maximum atomic E-state index is 13.3. The molecule has 0 aliphatic carbocycles. The van der Waals surface area contributed by atoms with Crippen LogP contribution < -0.4 is 9.47 Å². The molecule has 0 aliphatic rings. The van der Waals surface area contributed by atoms with Gasteiger partial charge in [-0.3, -0.25) is 0 Å². The monoisotopic (exact) mass is 421 g/mol. The Kier molecular flexibility index (Phi) is 5.37. The number of sulfonamides is 1. The highest BCUT2D eigenvalue weighted by Gasteiger charge is 2.24. The summed E-state index contributed by atoms with van der Waals surface area (Å²) in [7, 11) is 0.869. The molecule has 0 heterocycles. The molecule has 0 saturated heterocycles. The number of benzene rings is 4. The van der Waals surface area contributed by atoms with Crippen LogP contribution >= 0.6 is 0 Å². The van der Waals surface area contributed by atoms with Crippen molar-refractivity contribution in [2.45, 2.75) is 11.4 Å². The quantitative estimate of drug-likeness (QED) is 0.419. The second-order valence-corrected chi connectivity index (χ2v) is 9.12. The molecule has 0 unspecified atom stereocenters. The van der Waals surface area contributed by atoms with E-state index in [1.807, 2.05) is 48.5 Å². The second-order valence-electron chi connectivity index (χ2n) is 7.08. The minimum Gasteiger partial charge on any atom is -0.493 e. The molecule has 154 valence electrons. The summed E-state index contributed by atoms with van der Waals surface area (Å²) in [4.78, 5) is 0.159. The zero-order chi connectivity index (χ0) is 21.3. The van der Waals surface area contributed by atoms with Crippen LogP contribution in [0.1, 0.15) is 5.56 Å². The summed E-state index contributed by atoms with van der Waals surface area (Å²) in [5, 5.41) is 4.27. The van der Waals surface area contributed by atoms with Gasteiger partial charge in [-0.25, -0.2) is 8.42 Å². The lowest BCUT2D eigenvalue weighted by molar-refractivity contribution is 0.353. The zero-order valence-corrected chi connectivity index (χ0v) is 17.9. The van der Waals surface area contributed by atoms with E-state index in [1.54, 1.807) is 13.1 Å². The van der Waals surface area contributed by atoms with E-state index in [2.05, 4.69) is 6.07 Å². The van der Waals surface area contributed by atoms with Crippen molar-refractivity contribution in [3.63, 3.8) is 0 Å². The Morgan fingerprint density at radius 3 is 1.90 bits per heavy atom. The van der Waals surface area contributed by atoms with Crippen LogP contribution in [0, 0.1) is 0 Å². The standard InChI is InChI=1S/C24H23NO4S/c1-25(30(26,27)19-12-13-23(28-2)24(15-19)29-3)16-22-20-10-6-4-8-17(20)14-18-9-5-7-11-21(18)22/h4-15H,16H2,1-3H3. The lowest BCUT2D eigenvalue weighted by atomic mass is 9.97. The molecular weight excluding hydrogens is 398 g/mol. The third kappa shape index (κ3) is 3.49. The number of methoxy groups -OCH3 is 2. The topological polar surface area (TPSA) is 55.8 Å². The highest BCUT2D eigenvalue weighted by molar-refractivity contribution is 7.89. The van der Waals surface area contributed by atoms with Gasteiger partial charge in [-0.05, 0) is 45.3 Å². The molecule has 4 aromatic rings. The van der Waals surface area contributed by atoms with Gasteiger partial charge in [-0.1, -0.05) is 48.5 Å². The van der Waals surface area contributed by atoms with E-state index in [9.17, 15) is 8.42 Å². The van der Waals surface area contributed by atoms with Crippen molar-refractivity contribution < 1.29 is 17.9 Å². The first-order valence-electron chi connectivity index (χ1n) is 9.53. The van der Waals surface area contributed by atoms with Crippen LogP contribution in [-0.2, 0) is 16.6 Å². The van der Waals surface area contributed by atoms with Crippen LogP contribution in [0.2, 0.25) is 0 Å². The van der Waals surface area contributed by atoms with Crippen molar-refractivity contribution in [3.8, 4) is 11.5 Å². The van der Waals surface area contributed by atoms with Crippen molar-refractivity contribution in [1.29, 1.82) is 0 Å². The first-order valence-corrected chi connectivity index (χ1v) is 11.0. The Labute approximate surface area is 176 Å². The molecular formula is C24H23NO4S. The van der Waals surface area contributed by atoms with Gasteiger partial charge >= 0.3 is 0 Å². The Balaban J connectivity index is 1.80. The molecule has 0 amide bonds. The molecule has 0 bridgehead atoms. The predicted molar refractivity (Wildman–Crippen MR) is 120 cm³/mol. The molecule has 0 spiro atoms. The fourth-order valence-electron chi connectivity index (χ4n) is 3.74. The Bertz CT molecular complexity index is 1280. The average molecular weight is 422 g/mol. The van der Waals surface area contributed by atoms with E-state index in [1.165, 1.54) is 30.7 Å². The van der Waals surface area contributed by atoms with Crippen LogP contribution in [0.25, 0.3) is 21.5 Å². The molecule has 0 radical (unpaired) electrons. The van der Waals surface area contributed by atoms with Crippen LogP contribution in [0.15, 0.2) is 77.7 Å². The smallest absolute Gasteiger partial charge is 0.243 e. The molecule has 4 aromatic carbocycles. The number of rotatable bonds is 6. The molecule has 0 atom stereocenters. The summed E-state index contributed by atoms with van der Waals surface area (Å²) >= 11 is 0. The first-order chi connectivity index (χ1) is 14.5. The SMILES string of the molecule is COc1ccc(S(=O)(=O)N(C)Cc2c3ccccc3cc3ccccc23)cc1OC. The highest BCUT2D eigenvalue weighted by atomic mass is 32.2. The maximum Gasteiger partial charge on any atom is 0.243 e. The Morgan fingerprint density at radius 2 is 1.33 bits per heavy atom. The van der Waals surface area contributed by atoms with Gasteiger partial charge in [-0.15, -0.1) is 0 Å². The predicted octanol–water partition coefficient (Wildman–Crippen LogP) is 4.83. The summed E-state index contributed by atoms with van der Waals surface area (Å²) in [5.41, 5.74) is 0.982. The number of fused-ring (bicyclic) bond motifs is 2. The van der Waals surface area contributed by atoms with Gasteiger partial charge in [0.15, 0.2) is 11.5 Å². The number of hydrogen-bond acceptors (Lipinski definition) is 4. The van der Waals surface area contributed by atoms with E-state index >= 15 is 0 Å². The molecule has 4 rings (SSSR count). The fraction of sp³-hybridized carbons (Fsp3) is 0.167. The highest BCUT2D eigenvalue weighted by Crippen LogP contribution is 2.33. The fourth-order valence-corrected chi connectivity index (χ4v) is 4.90. The number of nitrogens with zero attached hydrogens (tertiary/aromatic N) is 1. The summed E-state index contributed by atoms with van der Waals surface area (Å²) in [6.07, 6.45) is 0. The average Bonchev–Trinajstić information content (AvgIpc) is 2.78. The van der Waals surface area contributed by atoms with Gasteiger partial charge in [0, 0.05) is 19.7 Å². The normalized spacial score (nSPS) is 11.9. The maximum absolute atomic E-state index is 13.3. The summed E-state index contributed by atoms with van der Waals surface area (Å²) in [6.45, 7) is 0.249. The number of ether oxygens (including phenoxy) is 2. The van der Waals surface area contributed by atoms with Gasteiger partial charge in [-0.2, -0.15) is 4.31 Å². The summed E-state index contributed by atoms with van der Waals surface area (Å²) in [5.74, 6) is 0.863. The van der Waals surface area contributed by atoms with Crippen molar-refractivity contribution in [3.05, 3.63) is 78.4 Å². The summed E-state index contributed by atoms with van der Waals surface area (Å²) < 4.78 is 38.5. The van der Waals surface area contributed by atoms with Crippen LogP contribution in [-0.4, -0.2) is 34.0 Å². The van der Waals surface area contributed by atoms with E-state index in [0.717, 1.165) is 27.1 Å². The Hall–Kier alpha value is -3.09. The molecule has 0 aliphatic heterocycles. The molecule has 6 heteroatoms. The molecule has 0 saturated carbocycles. The van der Waals surface area contributed by atoms with E-state index in [4.69, 9.17) is 9.47 Å². The van der Waals surface area contributed by atoms with Crippen molar-refractivity contribution in [1.82, 2.24) is 4.31 Å².